The van der Waals surface area contributed by atoms with Gasteiger partial charge in [0.2, 0.25) is 5.79 Å². The summed E-state index contributed by atoms with van der Waals surface area (Å²) in [4.78, 5) is 14.1. The van der Waals surface area contributed by atoms with E-state index < -0.39 is 31.9 Å². The lowest BCUT2D eigenvalue weighted by Crippen LogP contribution is -2.42. The standard InChI is InChI=1S/C25H28N2O6S2/c1-2-3-19-25(32-26-34(28,29)22-15-9-5-10-16-22)20-24(21-13-7-4-8-14-21)27(33-25)35(30,31)23-17-11-6-12-18-23/h4-18,24,26H,2-3,19-20H2,1H3/t24?,25-/m1/s1. The molecule has 1 saturated heterocycles. The molecule has 0 amide bonds. The quantitative estimate of drug-likeness (QED) is 0.397. The van der Waals surface area contributed by atoms with Gasteiger partial charge in [0.1, 0.15) is 0 Å². The summed E-state index contributed by atoms with van der Waals surface area (Å²) in [5, 5.41) is 0. The summed E-state index contributed by atoms with van der Waals surface area (Å²) in [6, 6.07) is 24.1. The molecule has 1 unspecified atom stereocenters. The first-order chi connectivity index (χ1) is 16.8. The molecule has 2 atom stereocenters. The molecule has 0 aliphatic carbocycles. The maximum Gasteiger partial charge on any atom is 0.265 e. The highest BCUT2D eigenvalue weighted by atomic mass is 32.2. The van der Waals surface area contributed by atoms with Crippen LogP contribution in [0.15, 0.2) is 101 Å². The molecule has 0 spiro atoms. The zero-order valence-electron chi connectivity index (χ0n) is 19.3. The van der Waals surface area contributed by atoms with Crippen LogP contribution in [-0.2, 0) is 29.7 Å². The van der Waals surface area contributed by atoms with Gasteiger partial charge in [0.25, 0.3) is 20.0 Å². The van der Waals surface area contributed by atoms with Crippen molar-refractivity contribution in [3.63, 3.8) is 0 Å². The van der Waals surface area contributed by atoms with Gasteiger partial charge < -0.3 is 0 Å². The van der Waals surface area contributed by atoms with Gasteiger partial charge >= 0.3 is 0 Å². The predicted octanol–water partition coefficient (Wildman–Crippen LogP) is 4.55. The lowest BCUT2D eigenvalue weighted by Gasteiger charge is -2.28. The van der Waals surface area contributed by atoms with E-state index in [0.717, 1.165) is 10.9 Å². The number of hydroxylamine groups is 1. The van der Waals surface area contributed by atoms with Crippen molar-refractivity contribution < 1.29 is 26.5 Å². The maximum absolute atomic E-state index is 13.6. The number of nitrogens with one attached hydrogen (secondary N) is 1. The summed E-state index contributed by atoms with van der Waals surface area (Å²) in [5.41, 5.74) is 0.708. The number of unbranched alkanes of at least 4 members (excludes halogenated alkanes) is 1. The molecule has 4 rings (SSSR count). The molecule has 1 N–H and O–H groups in total. The molecule has 8 nitrogen and oxygen atoms in total. The average Bonchev–Trinajstić information content (AvgIpc) is 3.29. The van der Waals surface area contributed by atoms with Crippen molar-refractivity contribution in [2.45, 2.75) is 54.2 Å². The van der Waals surface area contributed by atoms with E-state index in [9.17, 15) is 16.8 Å². The van der Waals surface area contributed by atoms with E-state index in [1.807, 2.05) is 37.3 Å². The average molecular weight is 517 g/mol. The predicted molar refractivity (Wildman–Crippen MR) is 130 cm³/mol. The Kier molecular flexibility index (Phi) is 7.70. The largest absolute Gasteiger partial charge is 0.265 e. The van der Waals surface area contributed by atoms with Crippen LogP contribution in [0, 0.1) is 0 Å². The second kappa shape index (κ2) is 10.6. The normalized spacial score (nSPS) is 21.2. The number of benzene rings is 3. The van der Waals surface area contributed by atoms with Crippen molar-refractivity contribution in [1.29, 1.82) is 0 Å². The Bertz CT molecular complexity index is 1320. The van der Waals surface area contributed by atoms with Crippen molar-refractivity contribution in [1.82, 2.24) is 9.35 Å². The van der Waals surface area contributed by atoms with Crippen LogP contribution >= 0.6 is 0 Å². The van der Waals surface area contributed by atoms with Gasteiger partial charge in [0.15, 0.2) is 0 Å². The second-order valence-corrected chi connectivity index (χ2v) is 11.7. The highest BCUT2D eigenvalue weighted by Crippen LogP contribution is 2.46. The van der Waals surface area contributed by atoms with E-state index in [2.05, 4.69) is 4.89 Å². The highest BCUT2D eigenvalue weighted by molar-refractivity contribution is 7.89. The van der Waals surface area contributed by atoms with E-state index in [1.54, 1.807) is 36.4 Å². The smallest absolute Gasteiger partial charge is 0.250 e. The van der Waals surface area contributed by atoms with Gasteiger partial charge in [0.05, 0.1) is 15.8 Å². The molecule has 3 aromatic carbocycles. The van der Waals surface area contributed by atoms with Gasteiger partial charge in [-0.25, -0.2) is 26.5 Å². The molecule has 10 heteroatoms. The third kappa shape index (κ3) is 5.64. The Morgan fingerprint density at radius 3 is 2.00 bits per heavy atom. The number of hydrogen-bond donors (Lipinski definition) is 1. The van der Waals surface area contributed by atoms with E-state index in [1.165, 1.54) is 24.3 Å². The number of sulfonamides is 2. The molecule has 35 heavy (non-hydrogen) atoms. The zero-order chi connectivity index (χ0) is 24.9. The van der Waals surface area contributed by atoms with E-state index in [-0.39, 0.29) is 22.6 Å². The van der Waals surface area contributed by atoms with Crippen molar-refractivity contribution in [2.24, 2.45) is 0 Å². The zero-order valence-corrected chi connectivity index (χ0v) is 20.9. The Labute approximate surface area is 206 Å². The maximum atomic E-state index is 13.6. The third-order valence-corrected chi connectivity index (χ3v) is 8.65. The van der Waals surface area contributed by atoms with Crippen LogP contribution in [0.5, 0.6) is 0 Å². The molecule has 1 heterocycles. The number of rotatable bonds is 10. The van der Waals surface area contributed by atoms with Gasteiger partial charge in [-0.3, -0.25) is 0 Å². The molecule has 0 bridgehead atoms. The molecule has 186 valence electrons. The SMILES string of the molecule is CCCC[C@]1(ONS(=O)(=O)c2ccccc2)CC(c2ccccc2)N(S(=O)(=O)c2ccccc2)O1. The summed E-state index contributed by atoms with van der Waals surface area (Å²) in [7, 11) is -8.10. The Morgan fingerprint density at radius 2 is 1.43 bits per heavy atom. The monoisotopic (exact) mass is 516 g/mol. The fourth-order valence-electron chi connectivity index (χ4n) is 3.95. The van der Waals surface area contributed by atoms with Crippen LogP contribution in [0.2, 0.25) is 0 Å². The fourth-order valence-corrected chi connectivity index (χ4v) is 6.29. The molecule has 1 fully saturated rings. The molecule has 1 aliphatic heterocycles. The van der Waals surface area contributed by atoms with Gasteiger partial charge in [0, 0.05) is 12.8 Å². The van der Waals surface area contributed by atoms with Crippen molar-refractivity contribution >= 4 is 20.0 Å². The number of hydrogen-bond acceptors (Lipinski definition) is 6. The van der Waals surface area contributed by atoms with Crippen LogP contribution in [0.1, 0.15) is 44.2 Å². The molecule has 0 aromatic heterocycles. The van der Waals surface area contributed by atoms with Crippen LogP contribution in [-0.4, -0.2) is 27.1 Å². The first kappa shape index (κ1) is 25.5. The van der Waals surface area contributed by atoms with Crippen LogP contribution in [0.3, 0.4) is 0 Å². The van der Waals surface area contributed by atoms with Crippen LogP contribution in [0.4, 0.5) is 0 Å². The highest BCUT2D eigenvalue weighted by Gasteiger charge is 2.53. The fraction of sp³-hybridized carbons (Fsp3) is 0.280. The van der Waals surface area contributed by atoms with Crippen molar-refractivity contribution in [2.75, 3.05) is 0 Å². The van der Waals surface area contributed by atoms with Gasteiger partial charge in [-0.15, -0.1) is 0 Å². The third-order valence-electron chi connectivity index (χ3n) is 5.78. The Balaban J connectivity index is 1.70. The Morgan fingerprint density at radius 1 is 0.886 bits per heavy atom. The summed E-state index contributed by atoms with van der Waals surface area (Å²) in [6.45, 7) is 1.98. The minimum absolute atomic E-state index is 0.0250. The van der Waals surface area contributed by atoms with E-state index >= 15 is 0 Å². The summed E-state index contributed by atoms with van der Waals surface area (Å²) in [5.74, 6) is -1.53. The molecule has 0 radical (unpaired) electrons. The van der Waals surface area contributed by atoms with Crippen molar-refractivity contribution in [3.05, 3.63) is 96.6 Å². The lowest BCUT2D eigenvalue weighted by atomic mass is 9.97. The van der Waals surface area contributed by atoms with E-state index in [0.29, 0.717) is 12.0 Å². The Hall–Kier alpha value is -2.60. The molecule has 1 aliphatic rings. The van der Waals surface area contributed by atoms with Gasteiger partial charge in [-0.1, -0.05) is 89.4 Å². The molecule has 3 aromatic rings. The van der Waals surface area contributed by atoms with E-state index in [4.69, 9.17) is 9.68 Å². The summed E-state index contributed by atoms with van der Waals surface area (Å²) < 4.78 is 53.8. The van der Waals surface area contributed by atoms with Crippen LogP contribution in [0.25, 0.3) is 0 Å². The van der Waals surface area contributed by atoms with Crippen LogP contribution < -0.4 is 4.89 Å². The number of nitrogens with zero attached hydrogens (tertiary/aromatic N) is 1. The first-order valence-electron chi connectivity index (χ1n) is 11.4. The summed E-state index contributed by atoms with van der Waals surface area (Å²) >= 11 is 0. The lowest BCUT2D eigenvalue weighted by molar-refractivity contribution is -0.291. The van der Waals surface area contributed by atoms with Gasteiger partial charge in [-0.05, 0) is 36.2 Å². The van der Waals surface area contributed by atoms with Gasteiger partial charge in [-0.2, -0.15) is 0 Å². The van der Waals surface area contributed by atoms with Crippen molar-refractivity contribution in [3.8, 4) is 0 Å². The minimum Gasteiger partial charge on any atom is -0.250 e. The topological polar surface area (TPSA) is 102 Å². The molecular formula is C25H28N2O6S2. The minimum atomic E-state index is -4.08. The first-order valence-corrected chi connectivity index (χ1v) is 14.3. The molecular weight excluding hydrogens is 488 g/mol. The summed E-state index contributed by atoms with van der Waals surface area (Å²) in [6.07, 6.45) is 1.79. The second-order valence-electron chi connectivity index (χ2n) is 8.31. The molecule has 0 saturated carbocycles.